The first-order chi connectivity index (χ1) is 40.4. The zero-order valence-electron chi connectivity index (χ0n) is 55.1. The van der Waals surface area contributed by atoms with Gasteiger partial charge in [-0.05, 0) is 102 Å². The van der Waals surface area contributed by atoms with Crippen LogP contribution in [0.2, 0.25) is 0 Å². The van der Waals surface area contributed by atoms with Crippen molar-refractivity contribution >= 4 is 19.7 Å². The van der Waals surface area contributed by atoms with Crippen molar-refractivity contribution in [2.75, 3.05) is 40.9 Å². The summed E-state index contributed by atoms with van der Waals surface area (Å²) in [5.41, 5.74) is 0. The number of amides is 1. The van der Waals surface area contributed by atoms with Crippen molar-refractivity contribution < 1.29 is 37.3 Å². The van der Waals surface area contributed by atoms with Crippen LogP contribution in [-0.4, -0.2) is 69.4 Å². The fraction of sp³-hybridized carbons (Fsp3) is 0.781. The predicted molar refractivity (Wildman–Crippen MR) is 358 cm³/mol. The van der Waals surface area contributed by atoms with E-state index in [-0.39, 0.29) is 24.9 Å². The molecule has 10 heteroatoms. The van der Waals surface area contributed by atoms with Crippen LogP contribution in [0.4, 0.5) is 0 Å². The number of nitrogens with zero attached hydrogens (tertiary/aromatic N) is 1. The summed E-state index contributed by atoms with van der Waals surface area (Å²) < 4.78 is 30.4. The van der Waals surface area contributed by atoms with Gasteiger partial charge in [0.1, 0.15) is 19.3 Å². The Bertz CT molecular complexity index is 1700. The highest BCUT2D eigenvalue weighted by atomic mass is 31.2. The van der Waals surface area contributed by atoms with E-state index in [9.17, 15) is 19.0 Å². The summed E-state index contributed by atoms with van der Waals surface area (Å²) in [6.45, 7) is 6.73. The number of unbranched alkanes of at least 4 members (excludes halogenated alkanes) is 35. The summed E-state index contributed by atoms with van der Waals surface area (Å²) in [5, 5.41) is 3.04. The molecule has 9 nitrogen and oxygen atoms in total. The highest BCUT2D eigenvalue weighted by Gasteiger charge is 2.27. The molecule has 3 unspecified atom stereocenters. The van der Waals surface area contributed by atoms with Gasteiger partial charge < -0.3 is 28.5 Å². The van der Waals surface area contributed by atoms with E-state index in [2.05, 4.69) is 99.0 Å². The monoisotopic (exact) mass is 1180 g/mol. The normalized spacial score (nSPS) is 14.1. The number of hydrogen-bond donors (Lipinski definition) is 1. The number of ether oxygens (including phenoxy) is 1. The lowest BCUT2D eigenvalue weighted by atomic mass is 10.0. The van der Waals surface area contributed by atoms with Crippen molar-refractivity contribution in [1.29, 1.82) is 0 Å². The van der Waals surface area contributed by atoms with Crippen LogP contribution >= 0.6 is 7.82 Å². The molecule has 0 saturated carbocycles. The van der Waals surface area contributed by atoms with E-state index in [1.807, 2.05) is 33.3 Å². The molecule has 1 N–H and O–H groups in total. The van der Waals surface area contributed by atoms with Gasteiger partial charge in [-0.25, -0.2) is 0 Å². The second-order valence-corrected chi connectivity index (χ2v) is 26.1. The lowest BCUT2D eigenvalue weighted by Crippen LogP contribution is -2.47. The van der Waals surface area contributed by atoms with E-state index in [0.29, 0.717) is 23.9 Å². The number of phosphoric ester groups is 1. The second kappa shape index (κ2) is 62.2. The average molecular weight is 1180 g/mol. The SMILES string of the molecule is CC/C=C\C/C=C\C/C=C\C/C=C\C/C=C\CCCCCC(=O)OC(/C=C\CCCCCCCCCCCCC)C(COP(=O)([O-])OCC[N+](C)(C)C)NC(=O)CCCCCCCCCCCCCCCCC/C=C/CCCCCCCC. The molecule has 0 aromatic heterocycles. The first-order valence-corrected chi connectivity index (χ1v) is 36.4. The zero-order chi connectivity index (χ0) is 60.7. The molecule has 482 valence electrons. The van der Waals surface area contributed by atoms with Gasteiger partial charge in [-0.2, -0.15) is 0 Å². The smallest absolute Gasteiger partial charge is 0.306 e. The molecule has 0 fully saturated rings. The van der Waals surface area contributed by atoms with E-state index >= 15 is 0 Å². The molecular formula is C73H133N2O7P. The van der Waals surface area contributed by atoms with E-state index in [4.69, 9.17) is 13.8 Å². The van der Waals surface area contributed by atoms with E-state index in [1.165, 1.54) is 186 Å². The van der Waals surface area contributed by atoms with Gasteiger partial charge in [0.2, 0.25) is 5.91 Å². The van der Waals surface area contributed by atoms with E-state index in [0.717, 1.165) is 89.9 Å². The van der Waals surface area contributed by atoms with Crippen LogP contribution in [0.25, 0.3) is 0 Å². The lowest BCUT2D eigenvalue weighted by Gasteiger charge is -2.30. The minimum absolute atomic E-state index is 0.0299. The number of carbonyl (C=O) groups excluding carboxylic acids is 2. The van der Waals surface area contributed by atoms with Crippen LogP contribution < -0.4 is 10.2 Å². The van der Waals surface area contributed by atoms with Crippen molar-refractivity contribution in [2.45, 2.75) is 328 Å². The maximum atomic E-state index is 13.6. The number of likely N-dealkylation sites (N-methyl/N-ethyl adjacent to an activating group) is 1. The third kappa shape index (κ3) is 63.5. The quantitative estimate of drug-likeness (QED) is 0.0212. The van der Waals surface area contributed by atoms with Crippen LogP contribution in [0, 0.1) is 0 Å². The van der Waals surface area contributed by atoms with Gasteiger partial charge in [0, 0.05) is 12.8 Å². The Morgan fingerprint density at radius 1 is 0.434 bits per heavy atom. The summed E-state index contributed by atoms with van der Waals surface area (Å²) in [6, 6.07) is -0.906. The molecule has 0 bridgehead atoms. The van der Waals surface area contributed by atoms with Gasteiger partial charge in [-0.3, -0.25) is 14.2 Å². The number of esters is 1. The van der Waals surface area contributed by atoms with Crippen molar-refractivity contribution in [3.63, 3.8) is 0 Å². The van der Waals surface area contributed by atoms with Gasteiger partial charge >= 0.3 is 5.97 Å². The van der Waals surface area contributed by atoms with Crippen molar-refractivity contribution in [3.8, 4) is 0 Å². The molecule has 0 radical (unpaired) electrons. The number of quaternary nitrogens is 1. The zero-order valence-corrected chi connectivity index (χ0v) is 56.0. The summed E-state index contributed by atoms with van der Waals surface area (Å²) in [4.78, 5) is 40.2. The molecule has 0 spiro atoms. The van der Waals surface area contributed by atoms with Crippen LogP contribution in [0.1, 0.15) is 316 Å². The maximum Gasteiger partial charge on any atom is 0.306 e. The Kier molecular flexibility index (Phi) is 60.1. The van der Waals surface area contributed by atoms with Crippen LogP contribution in [-0.2, 0) is 27.9 Å². The number of nitrogens with one attached hydrogen (secondary N) is 1. The minimum atomic E-state index is -4.71. The molecule has 0 aliphatic rings. The number of hydrogen-bond acceptors (Lipinski definition) is 7. The van der Waals surface area contributed by atoms with Gasteiger partial charge in [0.05, 0.1) is 33.8 Å². The molecule has 0 aliphatic heterocycles. The predicted octanol–water partition coefficient (Wildman–Crippen LogP) is 21.5. The summed E-state index contributed by atoms with van der Waals surface area (Å²) >= 11 is 0. The van der Waals surface area contributed by atoms with Crippen molar-refractivity contribution in [3.05, 3.63) is 85.1 Å². The Morgan fingerprint density at radius 3 is 1.18 bits per heavy atom. The molecule has 0 aromatic carbocycles. The number of allylic oxidation sites excluding steroid dienone is 13. The van der Waals surface area contributed by atoms with Crippen molar-refractivity contribution in [2.24, 2.45) is 0 Å². The molecular weight excluding hydrogens is 1050 g/mol. The van der Waals surface area contributed by atoms with Crippen molar-refractivity contribution in [1.82, 2.24) is 5.32 Å². The summed E-state index contributed by atoms with van der Waals surface area (Å²) in [6.07, 6.45) is 82.8. The maximum absolute atomic E-state index is 13.6. The third-order valence-electron chi connectivity index (χ3n) is 15.3. The highest BCUT2D eigenvalue weighted by molar-refractivity contribution is 7.45. The molecule has 0 saturated heterocycles. The summed E-state index contributed by atoms with van der Waals surface area (Å²) in [5.74, 6) is -0.572. The highest BCUT2D eigenvalue weighted by Crippen LogP contribution is 2.38. The largest absolute Gasteiger partial charge is 0.756 e. The molecule has 83 heavy (non-hydrogen) atoms. The van der Waals surface area contributed by atoms with Gasteiger partial charge in [0.15, 0.2) is 0 Å². The number of carbonyl (C=O) groups is 2. The van der Waals surface area contributed by atoms with Gasteiger partial charge in [-0.1, -0.05) is 286 Å². The first-order valence-electron chi connectivity index (χ1n) is 34.9. The second-order valence-electron chi connectivity index (χ2n) is 24.6. The van der Waals surface area contributed by atoms with Gasteiger partial charge in [0.25, 0.3) is 7.82 Å². The Hall–Kier alpha value is -2.81. The fourth-order valence-electron chi connectivity index (χ4n) is 9.96. The molecule has 1 amide bonds. The molecule has 0 rings (SSSR count). The molecule has 3 atom stereocenters. The molecule has 0 aromatic rings. The van der Waals surface area contributed by atoms with Crippen LogP contribution in [0.3, 0.4) is 0 Å². The Morgan fingerprint density at radius 2 is 0.771 bits per heavy atom. The number of rotatable bonds is 63. The average Bonchev–Trinajstić information content (AvgIpc) is 3.46. The van der Waals surface area contributed by atoms with E-state index in [1.54, 1.807) is 0 Å². The standard InChI is InChI=1S/C73H133N2O7P/c1-7-10-13-16-19-22-25-28-30-32-34-35-36-37-38-39-41-42-44-47-50-53-56-59-62-65-72(76)74-70(69-81-83(78,79)80-68-67-75(4,5)6)71(64-61-58-55-52-49-46-27-24-21-18-15-12-9-3)82-73(77)66-63-60-57-54-51-48-45-43-40-33-31-29-26-23-20-17-14-11-8-2/h11,14,20,23,28-31,40,43,48,51,61,64,70-71H,7-10,12-13,15-19,21-22,24-27,32-39,41-42,44-47,49-50,52-60,62-63,65-69H2,1-6H3,(H-,74,76,78,79)/b14-11-,23-20-,30-28+,31-29-,43-40-,51-48-,64-61-. The minimum Gasteiger partial charge on any atom is -0.756 e. The Balaban J connectivity index is 5.15. The summed E-state index contributed by atoms with van der Waals surface area (Å²) in [7, 11) is 1.17. The molecule has 0 aliphatic carbocycles. The number of phosphoric acid groups is 1. The lowest BCUT2D eigenvalue weighted by molar-refractivity contribution is -0.870. The molecule has 0 heterocycles. The van der Waals surface area contributed by atoms with E-state index < -0.39 is 26.6 Å². The topological polar surface area (TPSA) is 114 Å². The third-order valence-corrected chi connectivity index (χ3v) is 16.3. The first kappa shape index (κ1) is 80.2. The fourth-order valence-corrected chi connectivity index (χ4v) is 10.7. The van der Waals surface area contributed by atoms with Crippen LogP contribution in [0.15, 0.2) is 85.1 Å². The Labute approximate surface area is 514 Å². The van der Waals surface area contributed by atoms with Gasteiger partial charge in [-0.15, -0.1) is 0 Å². The van der Waals surface area contributed by atoms with Crippen LogP contribution in [0.5, 0.6) is 0 Å².